The van der Waals surface area contributed by atoms with Gasteiger partial charge in [0.2, 0.25) is 0 Å². The van der Waals surface area contributed by atoms with Crippen LogP contribution in [0.5, 0.6) is 0 Å². The number of aromatic nitrogens is 5. The number of halogens is 1. The fourth-order valence-electron chi connectivity index (χ4n) is 3.16. The minimum atomic E-state index is -0.565. The topological polar surface area (TPSA) is 74.7 Å². The summed E-state index contributed by atoms with van der Waals surface area (Å²) in [5.41, 5.74) is 0.554. The van der Waals surface area contributed by atoms with E-state index in [1.165, 1.54) is 27.7 Å². The lowest BCUT2D eigenvalue weighted by Crippen LogP contribution is -2.42. The predicted molar refractivity (Wildman–Crippen MR) is 107 cm³/mol. The second-order valence-electron chi connectivity index (χ2n) is 6.12. The second-order valence-corrected chi connectivity index (χ2v) is 6.56. The van der Waals surface area contributed by atoms with Crippen LogP contribution in [0.1, 0.15) is 5.69 Å². The summed E-state index contributed by atoms with van der Waals surface area (Å²) in [5, 5.41) is 5.54. The van der Waals surface area contributed by atoms with Gasteiger partial charge in [-0.25, -0.2) is 14.0 Å². The lowest BCUT2D eigenvalue weighted by molar-refractivity contribution is 0.661. The molecule has 0 saturated heterocycles. The van der Waals surface area contributed by atoms with Gasteiger partial charge in [-0.3, -0.25) is 14.3 Å². The summed E-state index contributed by atoms with van der Waals surface area (Å²) in [6, 6.07) is 8.98. The Bertz CT molecular complexity index is 1370. The van der Waals surface area contributed by atoms with Crippen LogP contribution in [0.4, 0.5) is 0 Å². The summed E-state index contributed by atoms with van der Waals surface area (Å²) < 4.78 is 3.89. The van der Waals surface area contributed by atoms with Gasteiger partial charge >= 0.3 is 5.69 Å². The summed E-state index contributed by atoms with van der Waals surface area (Å²) >= 11 is 6.01. The zero-order valence-corrected chi connectivity index (χ0v) is 15.6. The Balaban J connectivity index is 2.14. The van der Waals surface area contributed by atoms with Crippen molar-refractivity contribution in [1.82, 2.24) is 23.9 Å². The minimum absolute atomic E-state index is 0.00510. The maximum absolute atomic E-state index is 13.4. The average Bonchev–Trinajstić information content (AvgIpc) is 3.09. The first-order valence-corrected chi connectivity index (χ1v) is 8.74. The van der Waals surface area contributed by atoms with Gasteiger partial charge in [-0.2, -0.15) is 5.10 Å². The van der Waals surface area contributed by atoms with E-state index in [4.69, 9.17) is 18.0 Å². The van der Waals surface area contributed by atoms with E-state index >= 15 is 0 Å². The van der Waals surface area contributed by atoms with Crippen LogP contribution in [0.2, 0.25) is 5.02 Å². The average molecular weight is 392 g/mol. The number of fused-ring (bicyclic) bond motifs is 1. The number of terminal acetylenes is 1. The van der Waals surface area contributed by atoms with Crippen LogP contribution in [-0.2, 0) is 6.54 Å². The van der Waals surface area contributed by atoms with Crippen molar-refractivity contribution >= 4 is 22.5 Å². The quantitative estimate of drug-likeness (QED) is 0.502. The third-order valence-corrected chi connectivity index (χ3v) is 4.67. The highest BCUT2D eigenvalue weighted by Gasteiger charge is 2.20. The van der Waals surface area contributed by atoms with Crippen molar-refractivity contribution in [2.45, 2.75) is 13.5 Å². The number of nitrogens with zero attached hydrogens (tertiary/aromatic N) is 5. The normalized spacial score (nSPS) is 10.9. The number of pyridine rings is 1. The molecule has 7 nitrogen and oxygen atoms in total. The van der Waals surface area contributed by atoms with Crippen LogP contribution in [-0.4, -0.2) is 23.9 Å². The summed E-state index contributed by atoms with van der Waals surface area (Å²) in [4.78, 5) is 30.4. The van der Waals surface area contributed by atoms with Gasteiger partial charge in [0, 0.05) is 11.6 Å². The molecule has 0 N–H and O–H groups in total. The maximum atomic E-state index is 13.4. The molecule has 28 heavy (non-hydrogen) atoms. The Morgan fingerprint density at radius 3 is 2.71 bits per heavy atom. The standard InChI is InChI=1S/C20H14ClN5O2/c1-3-8-24-13(2)18(26-17-7-5-4-6-14(17)10-23-26)19(27)25(20(24)28)16-9-15(21)11-22-12-16/h1,4-7,9-12H,8H2,2H3. The van der Waals surface area contributed by atoms with Crippen molar-refractivity contribution in [3.63, 3.8) is 0 Å². The molecule has 4 rings (SSSR count). The first-order valence-electron chi connectivity index (χ1n) is 8.37. The van der Waals surface area contributed by atoms with Crippen LogP contribution in [0.3, 0.4) is 0 Å². The minimum Gasteiger partial charge on any atom is -0.284 e. The van der Waals surface area contributed by atoms with Crippen molar-refractivity contribution < 1.29 is 0 Å². The van der Waals surface area contributed by atoms with Crippen LogP contribution in [0.15, 0.2) is 58.5 Å². The van der Waals surface area contributed by atoms with E-state index in [-0.39, 0.29) is 17.9 Å². The van der Waals surface area contributed by atoms with E-state index in [0.29, 0.717) is 10.7 Å². The number of para-hydroxylation sites is 1. The molecule has 0 spiro atoms. The summed E-state index contributed by atoms with van der Waals surface area (Å²) in [5.74, 6) is 2.46. The highest BCUT2D eigenvalue weighted by Crippen LogP contribution is 2.18. The second kappa shape index (κ2) is 6.83. The molecule has 0 saturated carbocycles. The first-order chi connectivity index (χ1) is 13.5. The molecule has 0 aliphatic rings. The molecule has 0 atom stereocenters. The van der Waals surface area contributed by atoms with Gasteiger partial charge in [0.25, 0.3) is 5.56 Å². The van der Waals surface area contributed by atoms with E-state index in [1.54, 1.807) is 13.1 Å². The molecule has 8 heteroatoms. The van der Waals surface area contributed by atoms with Crippen molar-refractivity contribution in [1.29, 1.82) is 0 Å². The molecule has 0 radical (unpaired) electrons. The van der Waals surface area contributed by atoms with Gasteiger partial charge in [0.05, 0.1) is 40.9 Å². The fourth-order valence-corrected chi connectivity index (χ4v) is 3.33. The molecule has 0 bridgehead atoms. The van der Waals surface area contributed by atoms with Crippen LogP contribution in [0.25, 0.3) is 22.3 Å². The SMILES string of the molecule is C#CCn1c(C)c(-n2ncc3ccccc32)c(=O)n(-c2cncc(Cl)c2)c1=O. The Labute approximate surface area is 164 Å². The third-order valence-electron chi connectivity index (χ3n) is 4.46. The molecule has 0 unspecified atom stereocenters. The highest BCUT2D eigenvalue weighted by atomic mass is 35.5. The van der Waals surface area contributed by atoms with Crippen LogP contribution < -0.4 is 11.2 Å². The maximum Gasteiger partial charge on any atom is 0.336 e. The molecule has 1 aromatic carbocycles. The molecular weight excluding hydrogens is 378 g/mol. The van der Waals surface area contributed by atoms with Crippen LogP contribution >= 0.6 is 11.6 Å². The molecule has 0 aliphatic carbocycles. The zero-order valence-electron chi connectivity index (χ0n) is 14.8. The molecule has 3 heterocycles. The Kier molecular flexibility index (Phi) is 4.34. The van der Waals surface area contributed by atoms with E-state index in [9.17, 15) is 9.59 Å². The van der Waals surface area contributed by atoms with Crippen molar-refractivity contribution in [2.24, 2.45) is 0 Å². The Morgan fingerprint density at radius 1 is 1.18 bits per heavy atom. The smallest absolute Gasteiger partial charge is 0.284 e. The first kappa shape index (κ1) is 17.8. The van der Waals surface area contributed by atoms with Crippen LogP contribution in [0, 0.1) is 19.3 Å². The molecule has 0 amide bonds. The number of hydrogen-bond acceptors (Lipinski definition) is 4. The molecule has 138 valence electrons. The van der Waals surface area contributed by atoms with Gasteiger partial charge in [-0.05, 0) is 19.1 Å². The van der Waals surface area contributed by atoms with E-state index in [2.05, 4.69) is 16.0 Å². The van der Waals surface area contributed by atoms with Crippen molar-refractivity contribution in [3.8, 4) is 23.7 Å². The van der Waals surface area contributed by atoms with E-state index in [0.717, 1.165) is 15.5 Å². The lowest BCUT2D eigenvalue weighted by atomic mass is 10.2. The van der Waals surface area contributed by atoms with Gasteiger partial charge in [0.15, 0.2) is 5.69 Å². The van der Waals surface area contributed by atoms with Gasteiger partial charge in [-0.1, -0.05) is 35.7 Å². The number of hydrogen-bond donors (Lipinski definition) is 0. The van der Waals surface area contributed by atoms with E-state index in [1.807, 2.05) is 24.3 Å². The predicted octanol–water partition coefficient (Wildman–Crippen LogP) is 2.33. The number of rotatable bonds is 3. The zero-order chi connectivity index (χ0) is 19.8. The van der Waals surface area contributed by atoms with E-state index < -0.39 is 11.2 Å². The number of benzene rings is 1. The molecular formula is C20H14ClN5O2. The molecule has 0 aliphatic heterocycles. The highest BCUT2D eigenvalue weighted by molar-refractivity contribution is 6.30. The van der Waals surface area contributed by atoms with Gasteiger partial charge in [-0.15, -0.1) is 6.42 Å². The van der Waals surface area contributed by atoms with Gasteiger partial charge in [0.1, 0.15) is 0 Å². The fraction of sp³-hybridized carbons (Fsp3) is 0.100. The third kappa shape index (κ3) is 2.71. The molecule has 3 aromatic heterocycles. The summed E-state index contributed by atoms with van der Waals surface area (Å²) in [6.45, 7) is 1.68. The Morgan fingerprint density at radius 2 is 1.96 bits per heavy atom. The lowest BCUT2D eigenvalue weighted by Gasteiger charge is -2.16. The molecule has 0 fully saturated rings. The van der Waals surface area contributed by atoms with Crippen molar-refractivity contribution in [2.75, 3.05) is 0 Å². The summed E-state index contributed by atoms with van der Waals surface area (Å²) in [7, 11) is 0. The molecule has 4 aromatic rings. The van der Waals surface area contributed by atoms with Crippen molar-refractivity contribution in [3.05, 3.63) is 80.5 Å². The van der Waals surface area contributed by atoms with Gasteiger partial charge < -0.3 is 0 Å². The largest absolute Gasteiger partial charge is 0.336 e. The Hall–Kier alpha value is -3.63. The monoisotopic (exact) mass is 391 g/mol. The summed E-state index contributed by atoms with van der Waals surface area (Å²) in [6.07, 6.45) is 9.94.